The Bertz CT molecular complexity index is 1330. The lowest BCUT2D eigenvalue weighted by Crippen LogP contribution is -2.18. The van der Waals surface area contributed by atoms with Gasteiger partial charge in [-0.2, -0.15) is 0 Å². The molecule has 2 heterocycles. The number of likely N-dealkylation sites (N-methyl/N-ethyl adjacent to an activating group) is 1. The predicted octanol–water partition coefficient (Wildman–Crippen LogP) is 5.88. The number of anilines is 1. The summed E-state index contributed by atoms with van der Waals surface area (Å²) < 4.78 is 0. The van der Waals surface area contributed by atoms with Crippen molar-refractivity contribution >= 4 is 34.2 Å². The van der Waals surface area contributed by atoms with Crippen LogP contribution < -0.4 is 4.90 Å². The molecule has 150 valence electrons. The summed E-state index contributed by atoms with van der Waals surface area (Å²) in [5, 5.41) is 0. The van der Waals surface area contributed by atoms with Crippen molar-refractivity contribution in [2.75, 3.05) is 11.9 Å². The first-order chi connectivity index (χ1) is 15.2. The van der Waals surface area contributed by atoms with Crippen molar-refractivity contribution in [2.24, 2.45) is 0 Å². The number of para-hydroxylation sites is 3. The second kappa shape index (κ2) is 7.92. The van der Waals surface area contributed by atoms with Crippen LogP contribution in [0.1, 0.15) is 21.7 Å². The van der Waals surface area contributed by atoms with Crippen LogP contribution in [0.2, 0.25) is 0 Å². The molecule has 1 aliphatic rings. The number of allylic oxidation sites excluding steroid dienone is 4. The zero-order chi connectivity index (χ0) is 21.2. The maximum absolute atomic E-state index is 13.4. The summed E-state index contributed by atoms with van der Waals surface area (Å²) in [6.45, 7) is 0. The smallest absolute Gasteiger partial charge is 0.196 e. The third kappa shape index (κ3) is 3.60. The molecule has 4 aromatic rings. The summed E-state index contributed by atoms with van der Waals surface area (Å²) >= 11 is 0. The number of benzene rings is 3. The van der Waals surface area contributed by atoms with Gasteiger partial charge in [0.2, 0.25) is 0 Å². The van der Waals surface area contributed by atoms with Gasteiger partial charge in [0.05, 0.1) is 16.6 Å². The van der Waals surface area contributed by atoms with E-state index in [0.717, 1.165) is 22.4 Å². The molecule has 0 unspecified atom stereocenters. The second-order valence-corrected chi connectivity index (χ2v) is 7.42. The first-order valence-electron chi connectivity index (χ1n) is 10.2. The molecule has 5 rings (SSSR count). The maximum Gasteiger partial charge on any atom is 0.196 e. The number of aromatic amines is 1. The van der Waals surface area contributed by atoms with E-state index >= 15 is 0 Å². The van der Waals surface area contributed by atoms with E-state index in [1.165, 1.54) is 5.56 Å². The molecule has 0 radical (unpaired) electrons. The number of hydrogen-bond acceptors (Lipinski definition) is 3. The topological polar surface area (TPSA) is 49.0 Å². The van der Waals surface area contributed by atoms with Gasteiger partial charge in [-0.1, -0.05) is 66.7 Å². The zero-order valence-electron chi connectivity index (χ0n) is 17.1. The van der Waals surface area contributed by atoms with Crippen LogP contribution in [0.15, 0.2) is 103 Å². The first-order valence-corrected chi connectivity index (χ1v) is 10.2. The van der Waals surface area contributed by atoms with Crippen LogP contribution in [0.25, 0.3) is 22.7 Å². The Morgan fingerprint density at radius 1 is 0.903 bits per heavy atom. The predicted molar refractivity (Wildman–Crippen MR) is 127 cm³/mol. The molecule has 31 heavy (non-hydrogen) atoms. The highest BCUT2D eigenvalue weighted by atomic mass is 16.1. The van der Waals surface area contributed by atoms with Gasteiger partial charge in [0.15, 0.2) is 5.78 Å². The summed E-state index contributed by atoms with van der Waals surface area (Å²) in [6.07, 6.45) is 7.98. The molecule has 4 nitrogen and oxygen atoms in total. The molecule has 0 amide bonds. The van der Waals surface area contributed by atoms with Gasteiger partial charge in [-0.15, -0.1) is 0 Å². The molecule has 0 bridgehead atoms. The SMILES string of the molecule is CN1C(=CC=C(C(=O)c2ccccc2)c2nc3ccccc3[nH]2)C=Cc2ccccc21. The Labute approximate surface area is 180 Å². The van der Waals surface area contributed by atoms with E-state index in [0.29, 0.717) is 17.0 Å². The summed E-state index contributed by atoms with van der Waals surface area (Å²) in [4.78, 5) is 23.5. The van der Waals surface area contributed by atoms with Crippen LogP contribution in [0.5, 0.6) is 0 Å². The van der Waals surface area contributed by atoms with Gasteiger partial charge in [0.25, 0.3) is 0 Å². The molecule has 0 spiro atoms. The molecule has 1 N–H and O–H groups in total. The van der Waals surface area contributed by atoms with Crippen molar-refractivity contribution in [3.05, 3.63) is 120 Å². The highest BCUT2D eigenvalue weighted by Gasteiger charge is 2.18. The third-order valence-corrected chi connectivity index (χ3v) is 5.46. The standard InChI is InChI=1S/C27H21N3O/c1-30-21(16-15-19-9-5-8-14-25(19)30)17-18-22(26(31)20-10-3-2-4-11-20)27-28-23-12-6-7-13-24(23)29-27/h2-18H,1H3,(H,28,29). The molecule has 0 atom stereocenters. The van der Waals surface area contributed by atoms with E-state index in [9.17, 15) is 4.79 Å². The summed E-state index contributed by atoms with van der Waals surface area (Å²) in [7, 11) is 2.03. The van der Waals surface area contributed by atoms with Crippen molar-refractivity contribution in [3.8, 4) is 0 Å². The lowest BCUT2D eigenvalue weighted by atomic mass is 10.0. The highest BCUT2D eigenvalue weighted by Crippen LogP contribution is 2.29. The lowest BCUT2D eigenvalue weighted by Gasteiger charge is -2.26. The quantitative estimate of drug-likeness (QED) is 0.342. The van der Waals surface area contributed by atoms with E-state index in [1.54, 1.807) is 0 Å². The zero-order valence-corrected chi connectivity index (χ0v) is 17.1. The highest BCUT2D eigenvalue weighted by molar-refractivity contribution is 6.28. The number of nitrogens with zero attached hydrogens (tertiary/aromatic N) is 2. The fourth-order valence-electron chi connectivity index (χ4n) is 3.78. The molecule has 0 aliphatic carbocycles. The van der Waals surface area contributed by atoms with Crippen molar-refractivity contribution in [2.45, 2.75) is 0 Å². The van der Waals surface area contributed by atoms with Crippen molar-refractivity contribution < 1.29 is 4.79 Å². The average Bonchev–Trinajstić information content (AvgIpc) is 3.25. The van der Waals surface area contributed by atoms with Crippen molar-refractivity contribution in [1.29, 1.82) is 0 Å². The Morgan fingerprint density at radius 2 is 1.65 bits per heavy atom. The van der Waals surface area contributed by atoms with Gasteiger partial charge in [-0.3, -0.25) is 4.79 Å². The minimum Gasteiger partial charge on any atom is -0.344 e. The van der Waals surface area contributed by atoms with E-state index < -0.39 is 0 Å². The number of H-pyrrole nitrogens is 1. The molecule has 0 fully saturated rings. The Morgan fingerprint density at radius 3 is 2.48 bits per heavy atom. The fraction of sp³-hybridized carbons (Fsp3) is 0.0370. The number of ketones is 1. The summed E-state index contributed by atoms with van der Waals surface area (Å²) in [5.41, 5.74) is 6.18. The van der Waals surface area contributed by atoms with E-state index in [4.69, 9.17) is 0 Å². The molecule has 0 saturated carbocycles. The largest absolute Gasteiger partial charge is 0.344 e. The molecule has 3 aromatic carbocycles. The monoisotopic (exact) mass is 403 g/mol. The van der Waals surface area contributed by atoms with Crippen LogP contribution in [-0.2, 0) is 0 Å². The molecule has 4 heteroatoms. The number of aromatic nitrogens is 2. The van der Waals surface area contributed by atoms with Crippen LogP contribution >= 0.6 is 0 Å². The number of nitrogens with one attached hydrogen (secondary N) is 1. The Hall–Kier alpha value is -4.18. The van der Waals surface area contributed by atoms with Crippen molar-refractivity contribution in [1.82, 2.24) is 9.97 Å². The average molecular weight is 403 g/mol. The Kier molecular flexibility index (Phi) is 4.81. The van der Waals surface area contributed by atoms with E-state index in [1.807, 2.05) is 85.9 Å². The number of Topliss-reactive ketones (excluding diaryl/α,β-unsaturated/α-hetero) is 1. The van der Waals surface area contributed by atoms with Gasteiger partial charge in [-0.05, 0) is 42.0 Å². The number of rotatable bonds is 4. The minimum atomic E-state index is -0.0700. The number of fused-ring (bicyclic) bond motifs is 2. The molecular weight excluding hydrogens is 382 g/mol. The van der Waals surface area contributed by atoms with E-state index in [-0.39, 0.29) is 5.78 Å². The van der Waals surface area contributed by atoms with E-state index in [2.05, 4.69) is 39.2 Å². The number of imidazole rings is 1. The third-order valence-electron chi connectivity index (χ3n) is 5.46. The Balaban J connectivity index is 1.60. The van der Waals surface area contributed by atoms with Gasteiger partial charge >= 0.3 is 0 Å². The molecule has 1 aliphatic heterocycles. The fourth-order valence-corrected chi connectivity index (χ4v) is 3.78. The maximum atomic E-state index is 13.4. The second-order valence-electron chi connectivity index (χ2n) is 7.42. The van der Waals surface area contributed by atoms with Gasteiger partial charge < -0.3 is 9.88 Å². The molecule has 0 saturated heterocycles. The normalized spacial score (nSPS) is 14.8. The lowest BCUT2D eigenvalue weighted by molar-refractivity contribution is 0.105. The molecular formula is C27H21N3O. The number of carbonyl (C=O) groups excluding carboxylic acids is 1. The number of carbonyl (C=O) groups is 1. The van der Waals surface area contributed by atoms with Crippen LogP contribution in [0.4, 0.5) is 5.69 Å². The molecule has 1 aromatic heterocycles. The summed E-state index contributed by atoms with van der Waals surface area (Å²) in [5.74, 6) is 0.495. The van der Waals surface area contributed by atoms with Crippen molar-refractivity contribution in [3.63, 3.8) is 0 Å². The van der Waals surface area contributed by atoms with Gasteiger partial charge in [0, 0.05) is 24.0 Å². The van der Waals surface area contributed by atoms with Crippen LogP contribution in [0, 0.1) is 0 Å². The summed E-state index contributed by atoms with van der Waals surface area (Å²) in [6, 6.07) is 25.3. The van der Waals surface area contributed by atoms with Gasteiger partial charge in [0.1, 0.15) is 5.82 Å². The van der Waals surface area contributed by atoms with Crippen LogP contribution in [-0.4, -0.2) is 22.8 Å². The number of hydrogen-bond donors (Lipinski definition) is 1. The minimum absolute atomic E-state index is 0.0700. The van der Waals surface area contributed by atoms with Gasteiger partial charge in [-0.25, -0.2) is 4.98 Å². The first kappa shape index (κ1) is 18.8. The van der Waals surface area contributed by atoms with Crippen LogP contribution in [0.3, 0.4) is 0 Å².